The SMILES string of the molecule is O=C(O)c1cccc([N+](=O)[O-])c1-c1ccccc1[N+](=O)[O-]. The normalized spacial score (nSPS) is 10.1. The molecule has 0 saturated heterocycles. The van der Waals surface area contributed by atoms with Gasteiger partial charge in [-0.1, -0.05) is 18.2 Å². The fraction of sp³-hybridized carbons (Fsp3) is 0. The summed E-state index contributed by atoms with van der Waals surface area (Å²) in [5.74, 6) is -1.40. The van der Waals surface area contributed by atoms with Gasteiger partial charge in [0.05, 0.1) is 26.5 Å². The van der Waals surface area contributed by atoms with E-state index in [1.165, 1.54) is 30.3 Å². The fourth-order valence-corrected chi connectivity index (χ4v) is 2.00. The molecule has 0 spiro atoms. The number of hydrogen-bond acceptors (Lipinski definition) is 5. The quantitative estimate of drug-likeness (QED) is 0.681. The molecule has 106 valence electrons. The van der Waals surface area contributed by atoms with Crippen LogP contribution in [-0.4, -0.2) is 20.9 Å². The highest BCUT2D eigenvalue weighted by atomic mass is 16.6. The third-order valence-electron chi connectivity index (χ3n) is 2.84. The van der Waals surface area contributed by atoms with Gasteiger partial charge in [-0.3, -0.25) is 20.2 Å². The average Bonchev–Trinajstić information content (AvgIpc) is 2.46. The molecule has 2 aromatic rings. The Kier molecular flexibility index (Phi) is 3.61. The molecule has 0 amide bonds. The topological polar surface area (TPSA) is 124 Å². The molecule has 1 N–H and O–H groups in total. The molecule has 2 aromatic carbocycles. The summed E-state index contributed by atoms with van der Waals surface area (Å²) in [7, 11) is 0. The van der Waals surface area contributed by atoms with Crippen molar-refractivity contribution in [3.8, 4) is 11.1 Å². The summed E-state index contributed by atoms with van der Waals surface area (Å²) in [4.78, 5) is 31.9. The minimum absolute atomic E-state index is 0.104. The monoisotopic (exact) mass is 288 g/mol. The highest BCUT2D eigenvalue weighted by Gasteiger charge is 2.27. The number of rotatable bonds is 4. The van der Waals surface area contributed by atoms with Crippen LogP contribution in [0.3, 0.4) is 0 Å². The molecule has 0 saturated carbocycles. The number of nitro groups is 2. The van der Waals surface area contributed by atoms with Crippen molar-refractivity contribution in [3.05, 3.63) is 68.3 Å². The van der Waals surface area contributed by atoms with Crippen molar-refractivity contribution in [2.24, 2.45) is 0 Å². The molecule has 0 atom stereocenters. The van der Waals surface area contributed by atoms with Gasteiger partial charge in [-0.2, -0.15) is 0 Å². The molecule has 0 radical (unpaired) electrons. The number of para-hydroxylation sites is 1. The van der Waals surface area contributed by atoms with Crippen molar-refractivity contribution in [1.29, 1.82) is 0 Å². The Morgan fingerprint density at radius 3 is 2.05 bits per heavy atom. The smallest absolute Gasteiger partial charge is 0.336 e. The Morgan fingerprint density at radius 2 is 1.48 bits per heavy atom. The first kappa shape index (κ1) is 14.1. The molecule has 0 unspecified atom stereocenters. The van der Waals surface area contributed by atoms with Crippen molar-refractivity contribution in [1.82, 2.24) is 0 Å². The maximum absolute atomic E-state index is 11.3. The number of carboxylic acids is 1. The molecule has 8 nitrogen and oxygen atoms in total. The maximum Gasteiger partial charge on any atom is 0.336 e. The zero-order valence-corrected chi connectivity index (χ0v) is 10.4. The minimum atomic E-state index is -1.40. The van der Waals surface area contributed by atoms with E-state index in [0.29, 0.717) is 0 Å². The van der Waals surface area contributed by atoms with Crippen LogP contribution in [0, 0.1) is 20.2 Å². The first-order valence-electron chi connectivity index (χ1n) is 5.68. The van der Waals surface area contributed by atoms with Gasteiger partial charge >= 0.3 is 5.97 Å². The largest absolute Gasteiger partial charge is 0.478 e. The zero-order valence-electron chi connectivity index (χ0n) is 10.4. The van der Waals surface area contributed by atoms with E-state index in [-0.39, 0.29) is 16.7 Å². The molecule has 0 bridgehead atoms. The number of benzene rings is 2. The van der Waals surface area contributed by atoms with Gasteiger partial charge in [0, 0.05) is 12.1 Å². The molecule has 0 aliphatic carbocycles. The number of hydrogen-bond donors (Lipinski definition) is 1. The Bertz CT molecular complexity index is 724. The van der Waals surface area contributed by atoms with Crippen LogP contribution in [0.2, 0.25) is 0 Å². The van der Waals surface area contributed by atoms with Gasteiger partial charge in [0.2, 0.25) is 0 Å². The van der Waals surface area contributed by atoms with E-state index in [2.05, 4.69) is 0 Å². The van der Waals surface area contributed by atoms with Gasteiger partial charge in [-0.25, -0.2) is 4.79 Å². The lowest BCUT2D eigenvalue weighted by Crippen LogP contribution is -2.04. The molecule has 0 aliphatic rings. The number of carboxylic acid groups (broad SMARTS) is 1. The average molecular weight is 288 g/mol. The van der Waals surface area contributed by atoms with E-state index in [1.54, 1.807) is 0 Å². The van der Waals surface area contributed by atoms with Gasteiger partial charge < -0.3 is 5.11 Å². The second-order valence-electron chi connectivity index (χ2n) is 4.04. The van der Waals surface area contributed by atoms with E-state index < -0.39 is 27.2 Å². The number of aromatic carboxylic acids is 1. The summed E-state index contributed by atoms with van der Waals surface area (Å²) in [6.45, 7) is 0. The summed E-state index contributed by atoms with van der Waals surface area (Å²) in [6.07, 6.45) is 0. The van der Waals surface area contributed by atoms with E-state index >= 15 is 0 Å². The number of carbonyl (C=O) groups is 1. The van der Waals surface area contributed by atoms with Crippen LogP contribution in [0.25, 0.3) is 11.1 Å². The lowest BCUT2D eigenvalue weighted by atomic mass is 9.96. The summed E-state index contributed by atoms with van der Waals surface area (Å²) in [5, 5.41) is 31.3. The summed E-state index contributed by atoms with van der Waals surface area (Å²) >= 11 is 0. The first-order valence-corrected chi connectivity index (χ1v) is 5.68. The lowest BCUT2D eigenvalue weighted by Gasteiger charge is -2.07. The molecule has 0 heterocycles. The van der Waals surface area contributed by atoms with Crippen LogP contribution in [0.5, 0.6) is 0 Å². The molecule has 0 fully saturated rings. The van der Waals surface area contributed by atoms with Crippen molar-refractivity contribution in [3.63, 3.8) is 0 Å². The van der Waals surface area contributed by atoms with Crippen LogP contribution in [0.4, 0.5) is 11.4 Å². The Balaban J connectivity index is 2.88. The molecule has 2 rings (SSSR count). The predicted octanol–water partition coefficient (Wildman–Crippen LogP) is 2.87. The van der Waals surface area contributed by atoms with Crippen molar-refractivity contribution < 1.29 is 19.7 Å². The molecular formula is C13H8N2O6. The second kappa shape index (κ2) is 5.37. The zero-order chi connectivity index (χ0) is 15.6. The third-order valence-corrected chi connectivity index (χ3v) is 2.84. The summed E-state index contributed by atoms with van der Waals surface area (Å²) in [5.41, 5.74) is -1.63. The molecule has 8 heteroatoms. The van der Waals surface area contributed by atoms with Crippen LogP contribution < -0.4 is 0 Å². The Labute approximate surface area is 117 Å². The Hall–Kier alpha value is -3.29. The third kappa shape index (κ3) is 2.54. The van der Waals surface area contributed by atoms with E-state index in [9.17, 15) is 30.1 Å². The standard InChI is InChI=1S/C13H8N2O6/c16-13(17)9-5-3-7-11(15(20)21)12(9)8-4-1-2-6-10(8)14(18)19/h1-7H,(H,16,17). The van der Waals surface area contributed by atoms with Crippen LogP contribution in [0.1, 0.15) is 10.4 Å². The highest BCUT2D eigenvalue weighted by Crippen LogP contribution is 2.38. The second-order valence-corrected chi connectivity index (χ2v) is 4.04. The van der Waals surface area contributed by atoms with Crippen LogP contribution in [-0.2, 0) is 0 Å². The Morgan fingerprint density at radius 1 is 0.905 bits per heavy atom. The van der Waals surface area contributed by atoms with E-state index in [4.69, 9.17) is 0 Å². The van der Waals surface area contributed by atoms with Crippen molar-refractivity contribution >= 4 is 17.3 Å². The molecule has 0 aliphatic heterocycles. The summed E-state index contributed by atoms with van der Waals surface area (Å²) in [6, 6.07) is 8.80. The number of nitro benzene ring substituents is 2. The molecule has 21 heavy (non-hydrogen) atoms. The van der Waals surface area contributed by atoms with Gasteiger partial charge in [-0.15, -0.1) is 0 Å². The predicted molar refractivity (Wildman–Crippen MR) is 72.1 cm³/mol. The van der Waals surface area contributed by atoms with Crippen molar-refractivity contribution in [2.45, 2.75) is 0 Å². The lowest BCUT2D eigenvalue weighted by molar-refractivity contribution is -0.386. The molecule has 0 aromatic heterocycles. The van der Waals surface area contributed by atoms with E-state index in [0.717, 1.165) is 12.1 Å². The fourth-order valence-electron chi connectivity index (χ4n) is 2.00. The van der Waals surface area contributed by atoms with Crippen LogP contribution in [0.15, 0.2) is 42.5 Å². The van der Waals surface area contributed by atoms with Gasteiger partial charge in [0.25, 0.3) is 11.4 Å². The summed E-state index contributed by atoms with van der Waals surface area (Å²) < 4.78 is 0. The highest BCUT2D eigenvalue weighted by molar-refractivity contribution is 6.00. The van der Waals surface area contributed by atoms with Gasteiger partial charge in [-0.05, 0) is 12.1 Å². The maximum atomic E-state index is 11.3. The first-order chi connectivity index (χ1) is 9.93. The molecular weight excluding hydrogens is 280 g/mol. The van der Waals surface area contributed by atoms with Crippen LogP contribution >= 0.6 is 0 Å². The number of nitrogens with zero attached hydrogens (tertiary/aromatic N) is 2. The van der Waals surface area contributed by atoms with Crippen molar-refractivity contribution in [2.75, 3.05) is 0 Å². The van der Waals surface area contributed by atoms with Gasteiger partial charge in [0.1, 0.15) is 0 Å². The van der Waals surface area contributed by atoms with Gasteiger partial charge in [0.15, 0.2) is 0 Å². The van der Waals surface area contributed by atoms with E-state index in [1.807, 2.05) is 0 Å². The minimum Gasteiger partial charge on any atom is -0.478 e.